The normalized spacial score (nSPS) is 15.6. The van der Waals surface area contributed by atoms with Crippen LogP contribution in [0.5, 0.6) is 0 Å². The van der Waals surface area contributed by atoms with Gasteiger partial charge in [-0.05, 0) is 6.08 Å². The smallest absolute Gasteiger partial charge is 0.133 e. The zero-order chi connectivity index (χ0) is 6.95. The van der Waals surface area contributed by atoms with Crippen LogP contribution in [-0.2, 0) is 4.79 Å². The number of carbonyl (C=O) groups is 1. The highest BCUT2D eigenvalue weighted by molar-refractivity contribution is 5.29. The highest BCUT2D eigenvalue weighted by Crippen LogP contribution is 1.60. The van der Waals surface area contributed by atoms with Crippen molar-refractivity contribution >= 4 is 6.47 Å². The molecule has 1 heterocycles. The lowest BCUT2D eigenvalue weighted by Gasteiger charge is -1.99. The van der Waals surface area contributed by atoms with E-state index in [9.17, 15) is 0 Å². The molecule has 4 nitrogen and oxygen atoms in total. The molecule has 3 N–H and O–H groups in total. The topological polar surface area (TPSA) is 68.8 Å². The van der Waals surface area contributed by atoms with Gasteiger partial charge >= 0.3 is 0 Å². The molecule has 0 aromatic rings. The summed E-state index contributed by atoms with van der Waals surface area (Å²) in [7, 11) is 0. The van der Waals surface area contributed by atoms with E-state index in [2.05, 4.69) is 22.9 Å². The molecule has 0 unspecified atom stereocenters. The molecule has 1 aliphatic rings. The summed E-state index contributed by atoms with van der Waals surface area (Å²) in [6.07, 6.45) is 4.18. The average Bonchev–Trinajstić information content (AvgIpc) is 1.93. The van der Waals surface area contributed by atoms with E-state index in [1.165, 1.54) is 0 Å². The van der Waals surface area contributed by atoms with Gasteiger partial charge in [-0.25, -0.2) is 0 Å². The lowest BCUT2D eigenvalue weighted by atomic mass is 10.5. The Hall–Kier alpha value is -0.870. The molecule has 0 saturated heterocycles. The number of nitrogens with two attached hydrogens (primary N) is 1. The fourth-order valence-corrected chi connectivity index (χ4v) is 0.482. The predicted molar refractivity (Wildman–Crippen MR) is 30.0 cm³/mol. The third-order valence-electron chi connectivity index (χ3n) is 0.797. The number of carboxylic acid groups (broad SMARTS) is 1. The fraction of sp³-hybridized carbons (Fsp3) is 0.400. The van der Waals surface area contributed by atoms with E-state index in [-0.39, 0.29) is 0 Å². The monoisotopic (exact) mass is 130 g/mol. The van der Waals surface area contributed by atoms with Crippen LogP contribution in [0.2, 0.25) is 0 Å². The van der Waals surface area contributed by atoms with Gasteiger partial charge in [0.1, 0.15) is 6.67 Å². The maximum atomic E-state index is 8.25. The van der Waals surface area contributed by atoms with Gasteiger partial charge < -0.3 is 15.2 Å². The molecule has 0 aliphatic carbocycles. The van der Waals surface area contributed by atoms with Gasteiger partial charge in [-0.1, -0.05) is 0 Å². The Morgan fingerprint density at radius 2 is 2.44 bits per heavy atom. The van der Waals surface area contributed by atoms with Crippen LogP contribution >= 0.6 is 0 Å². The molecule has 0 atom stereocenters. The second-order valence-electron chi connectivity index (χ2n) is 1.42. The van der Waals surface area contributed by atoms with Gasteiger partial charge in [-0.15, -0.1) is 0 Å². The van der Waals surface area contributed by atoms with E-state index in [0.29, 0.717) is 0 Å². The molecule has 1 aliphatic heterocycles. The number of rotatable bonds is 0. The van der Waals surface area contributed by atoms with Gasteiger partial charge in [-0.3, -0.25) is 5.32 Å². The molecule has 0 saturated carbocycles. The van der Waals surface area contributed by atoms with E-state index in [0.717, 1.165) is 13.2 Å². The van der Waals surface area contributed by atoms with E-state index in [4.69, 9.17) is 9.90 Å². The Balaban J connectivity index is 0.000000187. The number of quaternary nitrogens is 1. The highest BCUT2D eigenvalue weighted by Gasteiger charge is 1.86. The first-order valence-corrected chi connectivity index (χ1v) is 2.66. The summed E-state index contributed by atoms with van der Waals surface area (Å²) in [5.74, 6) is 0. The van der Waals surface area contributed by atoms with Crippen LogP contribution in [0.3, 0.4) is 0 Å². The van der Waals surface area contributed by atoms with E-state index in [1.54, 1.807) is 0 Å². The minimum Gasteiger partial charge on any atom is -0.554 e. The van der Waals surface area contributed by atoms with Gasteiger partial charge in [0, 0.05) is 13.0 Å². The van der Waals surface area contributed by atoms with Crippen molar-refractivity contribution in [1.29, 1.82) is 0 Å². The maximum Gasteiger partial charge on any atom is 0.133 e. The third kappa shape index (κ3) is 7.13. The van der Waals surface area contributed by atoms with Crippen molar-refractivity contribution in [1.82, 2.24) is 5.32 Å². The van der Waals surface area contributed by atoms with E-state index >= 15 is 0 Å². The molecule has 0 spiro atoms. The van der Waals surface area contributed by atoms with Gasteiger partial charge in [-0.2, -0.15) is 0 Å². The van der Waals surface area contributed by atoms with E-state index in [1.807, 2.05) is 0 Å². The summed E-state index contributed by atoms with van der Waals surface area (Å²) in [5.41, 5.74) is 0. The van der Waals surface area contributed by atoms with Crippen LogP contribution in [0.25, 0.3) is 0 Å². The minimum absolute atomic E-state index is 0.500. The zero-order valence-electron chi connectivity index (χ0n) is 5.04. The molecule has 0 radical (unpaired) electrons. The van der Waals surface area contributed by atoms with Gasteiger partial charge in [0.25, 0.3) is 0 Å². The minimum atomic E-state index is -0.500. The molecule has 0 amide bonds. The molecule has 0 fully saturated rings. The average molecular weight is 130 g/mol. The van der Waals surface area contributed by atoms with Gasteiger partial charge in [0.2, 0.25) is 0 Å². The Morgan fingerprint density at radius 1 is 1.78 bits per heavy atom. The Bertz CT molecular complexity index is 85.0. The van der Waals surface area contributed by atoms with Crippen LogP contribution in [-0.4, -0.2) is 19.7 Å². The van der Waals surface area contributed by atoms with Crippen molar-refractivity contribution in [2.24, 2.45) is 0 Å². The first-order valence-electron chi connectivity index (χ1n) is 2.66. The van der Waals surface area contributed by atoms with Crippen molar-refractivity contribution in [3.63, 3.8) is 0 Å². The van der Waals surface area contributed by atoms with Gasteiger partial charge in [0.15, 0.2) is 0 Å². The Labute approximate surface area is 53.6 Å². The number of hydrogen-bond acceptors (Lipinski definition) is 3. The lowest BCUT2D eigenvalue weighted by Crippen LogP contribution is -2.82. The molecule has 4 heteroatoms. The first-order chi connectivity index (χ1) is 4.41. The number of hydrogen-bond donors (Lipinski definition) is 2. The SMILES string of the molecule is C1=C[NH2+]CNC1.O=C[O-]. The van der Waals surface area contributed by atoms with Crippen molar-refractivity contribution in [3.8, 4) is 0 Å². The standard InChI is InChI=1S/C4H8N2.CH2O2/c1-2-5-4-6-3-1;2-1-3/h1-2,5-6H,3-4H2;1H,(H,2,3). The van der Waals surface area contributed by atoms with Crippen LogP contribution in [0, 0.1) is 0 Å². The fourth-order valence-electron chi connectivity index (χ4n) is 0.482. The van der Waals surface area contributed by atoms with Crippen LogP contribution in [0.4, 0.5) is 0 Å². The Morgan fingerprint density at radius 3 is 2.56 bits per heavy atom. The number of nitrogens with one attached hydrogen (secondary N) is 1. The molecule has 0 aromatic carbocycles. The van der Waals surface area contributed by atoms with Crippen molar-refractivity contribution in [2.75, 3.05) is 13.2 Å². The quantitative estimate of drug-likeness (QED) is 0.343. The highest BCUT2D eigenvalue weighted by atomic mass is 16.3. The summed E-state index contributed by atoms with van der Waals surface area (Å²) in [5, 5.41) is 13.5. The predicted octanol–water partition coefficient (Wildman–Crippen LogP) is -3.01. The third-order valence-corrected chi connectivity index (χ3v) is 0.797. The first kappa shape index (κ1) is 8.13. The summed E-state index contributed by atoms with van der Waals surface area (Å²) in [4.78, 5) is 8.25. The summed E-state index contributed by atoms with van der Waals surface area (Å²) >= 11 is 0. The molecule has 0 bridgehead atoms. The van der Waals surface area contributed by atoms with Crippen LogP contribution in [0.15, 0.2) is 12.3 Å². The van der Waals surface area contributed by atoms with Crippen LogP contribution < -0.4 is 15.7 Å². The molecule has 9 heavy (non-hydrogen) atoms. The van der Waals surface area contributed by atoms with Crippen LogP contribution in [0.1, 0.15) is 0 Å². The summed E-state index contributed by atoms with van der Waals surface area (Å²) < 4.78 is 0. The summed E-state index contributed by atoms with van der Waals surface area (Å²) in [6, 6.07) is 0. The second-order valence-corrected chi connectivity index (χ2v) is 1.42. The van der Waals surface area contributed by atoms with E-state index < -0.39 is 6.47 Å². The Kier molecular flexibility index (Phi) is 6.44. The van der Waals surface area contributed by atoms with Crippen molar-refractivity contribution < 1.29 is 15.2 Å². The van der Waals surface area contributed by atoms with Crippen molar-refractivity contribution in [2.45, 2.75) is 0 Å². The molecule has 0 aromatic heterocycles. The molecular weight excluding hydrogens is 120 g/mol. The molecule has 1 rings (SSSR count). The molecular formula is C5H10N2O2. The largest absolute Gasteiger partial charge is 0.554 e. The summed E-state index contributed by atoms with van der Waals surface area (Å²) in [6.45, 7) is 1.58. The van der Waals surface area contributed by atoms with Gasteiger partial charge in [0.05, 0.1) is 6.20 Å². The van der Waals surface area contributed by atoms with Crippen molar-refractivity contribution in [3.05, 3.63) is 12.3 Å². The molecule has 52 valence electrons. The maximum absolute atomic E-state index is 8.25. The second kappa shape index (κ2) is 7.13. The zero-order valence-corrected chi connectivity index (χ0v) is 5.04. The number of carbonyl (C=O) groups excluding carboxylic acids is 1. The lowest BCUT2D eigenvalue weighted by molar-refractivity contribution is -0.595.